The minimum absolute atomic E-state index is 0.0357. The molecule has 0 amide bonds. The summed E-state index contributed by atoms with van der Waals surface area (Å²) in [5, 5.41) is 0. The average Bonchev–Trinajstić information content (AvgIpc) is 3.50. The Morgan fingerprint density at radius 2 is 0.895 bits per heavy atom. The molecule has 328 valence electrons. The average molecular weight is 799 g/mol. The van der Waals surface area contributed by atoms with E-state index in [2.05, 4.69) is 13.8 Å². The number of hydrogen-bond donors (Lipinski definition) is 0. The number of allylic oxidation sites excluding steroid dienone is 1. The molecule has 0 N–H and O–H groups in total. The second kappa shape index (κ2) is 32.4. The lowest BCUT2D eigenvalue weighted by molar-refractivity contribution is -0.154. The van der Waals surface area contributed by atoms with E-state index in [-0.39, 0.29) is 12.2 Å². The number of ketones is 1. The molecule has 4 atom stereocenters. The van der Waals surface area contributed by atoms with Gasteiger partial charge < -0.3 is 14.2 Å². The van der Waals surface area contributed by atoms with Crippen LogP contribution in [0.4, 0.5) is 0 Å². The Balaban J connectivity index is 2.05. The zero-order chi connectivity index (χ0) is 41.5. The molecule has 2 aliphatic carbocycles. The summed E-state index contributed by atoms with van der Waals surface area (Å²) >= 11 is 0. The van der Waals surface area contributed by atoms with Gasteiger partial charge in [0.2, 0.25) is 0 Å². The standard InChI is InChI=1S/C50H86O7/c1-6-9-12-14-16-18-20-22-24-26-28-30-32-34-36-40-39-42(48(52)57-38-11-8-3)45-44(43(40)49(53)55-4)41(46(47(45)51)50(54)56-5)37-35-33-31-29-27-25-23-21-19-17-15-13-10-7-2/h39,42-45H,6-38H2,1-5H3. The first-order valence-electron chi connectivity index (χ1n) is 24.2. The largest absolute Gasteiger partial charge is 0.469 e. The van der Waals surface area contributed by atoms with Crippen molar-refractivity contribution < 1.29 is 33.4 Å². The predicted molar refractivity (Wildman–Crippen MR) is 234 cm³/mol. The van der Waals surface area contributed by atoms with Crippen LogP contribution in [0.25, 0.3) is 0 Å². The van der Waals surface area contributed by atoms with Gasteiger partial charge in [-0.25, -0.2) is 4.79 Å². The molecular formula is C50H86O7. The Hall–Kier alpha value is -2.44. The number of hydrogen-bond acceptors (Lipinski definition) is 7. The molecule has 0 aromatic carbocycles. The fourth-order valence-corrected chi connectivity index (χ4v) is 9.29. The van der Waals surface area contributed by atoms with Crippen molar-refractivity contribution in [1.29, 1.82) is 0 Å². The highest BCUT2D eigenvalue weighted by Crippen LogP contribution is 2.52. The van der Waals surface area contributed by atoms with E-state index in [4.69, 9.17) is 14.2 Å². The molecule has 2 aliphatic rings. The molecule has 0 spiro atoms. The van der Waals surface area contributed by atoms with Crippen molar-refractivity contribution in [3.8, 4) is 0 Å². The number of fused-ring (bicyclic) bond motifs is 1. The molecule has 0 aliphatic heterocycles. The molecule has 2 rings (SSSR count). The summed E-state index contributed by atoms with van der Waals surface area (Å²) in [5.74, 6) is -4.98. The van der Waals surface area contributed by atoms with Gasteiger partial charge in [-0.05, 0) is 37.7 Å². The zero-order valence-corrected chi connectivity index (χ0v) is 37.6. The van der Waals surface area contributed by atoms with Crippen molar-refractivity contribution in [1.82, 2.24) is 0 Å². The summed E-state index contributed by atoms with van der Waals surface area (Å²) in [4.78, 5) is 55.0. The molecule has 57 heavy (non-hydrogen) atoms. The van der Waals surface area contributed by atoms with Crippen LogP contribution < -0.4 is 0 Å². The van der Waals surface area contributed by atoms with Gasteiger partial charge in [0.1, 0.15) is 5.57 Å². The molecule has 0 fully saturated rings. The smallest absolute Gasteiger partial charge is 0.341 e. The fraction of sp³-hybridized carbons (Fsp3) is 0.840. The molecule has 0 saturated carbocycles. The first-order chi connectivity index (χ1) is 27.9. The van der Waals surface area contributed by atoms with Crippen LogP contribution in [0.3, 0.4) is 0 Å². The van der Waals surface area contributed by atoms with E-state index in [9.17, 15) is 19.2 Å². The maximum atomic E-state index is 14.3. The lowest BCUT2D eigenvalue weighted by atomic mass is 9.65. The summed E-state index contributed by atoms with van der Waals surface area (Å²) in [5.41, 5.74) is 1.55. The number of methoxy groups -OCH3 is 2. The maximum absolute atomic E-state index is 14.3. The van der Waals surface area contributed by atoms with Gasteiger partial charge in [0.15, 0.2) is 5.78 Å². The highest BCUT2D eigenvalue weighted by molar-refractivity contribution is 6.22. The third-order valence-electron chi connectivity index (χ3n) is 12.7. The van der Waals surface area contributed by atoms with Gasteiger partial charge >= 0.3 is 17.9 Å². The number of ether oxygens (including phenoxy) is 3. The molecule has 0 bridgehead atoms. The number of carbonyl (C=O) groups excluding carboxylic acids is 4. The summed E-state index contributed by atoms with van der Waals surface area (Å²) < 4.78 is 16.3. The molecule has 7 nitrogen and oxygen atoms in total. The lowest BCUT2D eigenvalue weighted by Gasteiger charge is -2.37. The van der Waals surface area contributed by atoms with Gasteiger partial charge in [0.25, 0.3) is 0 Å². The molecule has 0 heterocycles. The van der Waals surface area contributed by atoms with E-state index in [1.807, 2.05) is 13.0 Å². The molecule has 0 aromatic rings. The Labute approximate surface area is 349 Å². The molecule has 0 radical (unpaired) electrons. The van der Waals surface area contributed by atoms with Crippen LogP contribution in [0.2, 0.25) is 0 Å². The second-order valence-electron chi connectivity index (χ2n) is 17.3. The summed E-state index contributed by atoms with van der Waals surface area (Å²) in [6.07, 6.45) is 39.6. The number of Topliss-reactive ketones (excluding diaryl/α,β-unsaturated/α-hetero) is 1. The summed E-state index contributed by atoms with van der Waals surface area (Å²) in [7, 11) is 2.68. The fourth-order valence-electron chi connectivity index (χ4n) is 9.29. The quantitative estimate of drug-likeness (QED) is 0.0205. The van der Waals surface area contributed by atoms with Crippen LogP contribution in [-0.4, -0.2) is 44.5 Å². The maximum Gasteiger partial charge on any atom is 0.341 e. The van der Waals surface area contributed by atoms with Gasteiger partial charge in [-0.3, -0.25) is 14.4 Å². The van der Waals surface area contributed by atoms with E-state index >= 15 is 0 Å². The molecule has 7 heteroatoms. The predicted octanol–water partition coefficient (Wildman–Crippen LogP) is 13.7. The number of carbonyl (C=O) groups is 4. The summed E-state index contributed by atoms with van der Waals surface area (Å²) in [6, 6.07) is 0. The normalized spacial score (nSPS) is 19.1. The molecule has 4 unspecified atom stereocenters. The minimum Gasteiger partial charge on any atom is -0.469 e. The topological polar surface area (TPSA) is 96.0 Å². The Morgan fingerprint density at radius 1 is 0.491 bits per heavy atom. The van der Waals surface area contributed by atoms with Crippen LogP contribution in [0.5, 0.6) is 0 Å². The van der Waals surface area contributed by atoms with Crippen LogP contribution in [0, 0.1) is 23.7 Å². The van der Waals surface area contributed by atoms with Crippen molar-refractivity contribution in [2.45, 2.75) is 226 Å². The van der Waals surface area contributed by atoms with E-state index in [0.717, 1.165) is 56.9 Å². The first-order valence-corrected chi connectivity index (χ1v) is 24.2. The zero-order valence-electron chi connectivity index (χ0n) is 37.6. The number of esters is 3. The van der Waals surface area contributed by atoms with Crippen LogP contribution >= 0.6 is 0 Å². The second-order valence-corrected chi connectivity index (χ2v) is 17.3. The highest BCUT2D eigenvalue weighted by Gasteiger charge is 2.57. The van der Waals surface area contributed by atoms with Crippen molar-refractivity contribution >= 4 is 23.7 Å². The minimum atomic E-state index is -0.876. The summed E-state index contributed by atoms with van der Waals surface area (Å²) in [6.45, 7) is 6.85. The Bertz CT molecular complexity index is 1190. The monoisotopic (exact) mass is 799 g/mol. The third-order valence-corrected chi connectivity index (χ3v) is 12.7. The molecule has 0 aromatic heterocycles. The van der Waals surface area contributed by atoms with Crippen LogP contribution in [0.15, 0.2) is 22.8 Å². The van der Waals surface area contributed by atoms with E-state index in [1.165, 1.54) is 155 Å². The van der Waals surface area contributed by atoms with Crippen molar-refractivity contribution in [3.05, 3.63) is 22.8 Å². The van der Waals surface area contributed by atoms with E-state index in [1.54, 1.807) is 0 Å². The lowest BCUT2D eigenvalue weighted by Crippen LogP contribution is -2.43. The van der Waals surface area contributed by atoms with Gasteiger partial charge in [0.05, 0.1) is 32.7 Å². The van der Waals surface area contributed by atoms with Gasteiger partial charge in [-0.1, -0.05) is 206 Å². The Kier molecular flexibility index (Phi) is 28.8. The van der Waals surface area contributed by atoms with E-state index < -0.39 is 47.4 Å². The van der Waals surface area contributed by atoms with Crippen molar-refractivity contribution in [2.24, 2.45) is 23.7 Å². The Morgan fingerprint density at radius 3 is 1.30 bits per heavy atom. The van der Waals surface area contributed by atoms with Crippen molar-refractivity contribution in [3.63, 3.8) is 0 Å². The SMILES string of the molecule is CCCCCCCCCCCCCCCCC1=CC(C(=O)OCCCC)C2C(=O)C(C(=O)OC)=C(CCCCCCCCCCCCCCCC)C2C1C(=O)OC. The third kappa shape index (κ3) is 19.0. The van der Waals surface area contributed by atoms with E-state index in [0.29, 0.717) is 18.4 Å². The van der Waals surface area contributed by atoms with Gasteiger partial charge in [-0.2, -0.15) is 0 Å². The van der Waals surface area contributed by atoms with Crippen molar-refractivity contribution in [2.75, 3.05) is 20.8 Å². The number of unbranched alkanes of at least 4 members (excludes halogenated alkanes) is 27. The number of rotatable bonds is 36. The first kappa shape index (κ1) is 50.7. The molecular weight excluding hydrogens is 713 g/mol. The van der Waals surface area contributed by atoms with Gasteiger partial charge in [0, 0.05) is 11.8 Å². The van der Waals surface area contributed by atoms with Crippen LogP contribution in [0.1, 0.15) is 226 Å². The molecule has 0 saturated heterocycles. The highest BCUT2D eigenvalue weighted by atomic mass is 16.5. The van der Waals surface area contributed by atoms with Gasteiger partial charge in [-0.15, -0.1) is 0 Å². The van der Waals surface area contributed by atoms with Crippen LogP contribution in [-0.2, 0) is 33.4 Å².